The molecule has 0 radical (unpaired) electrons. The summed E-state index contributed by atoms with van der Waals surface area (Å²) in [4.78, 5) is 11.7. The number of ketones is 1. The summed E-state index contributed by atoms with van der Waals surface area (Å²) in [5.74, 6) is -1.56. The van der Waals surface area contributed by atoms with Crippen LogP contribution in [0, 0.1) is 0 Å². The predicted molar refractivity (Wildman–Crippen MR) is 85.7 cm³/mol. The number of hydrogen-bond donors (Lipinski definition) is 2. The molecule has 2 aliphatic rings. The molecule has 0 bridgehead atoms. The summed E-state index contributed by atoms with van der Waals surface area (Å²) in [5, 5.41) is 6.39. The van der Waals surface area contributed by atoms with Crippen LogP contribution < -0.4 is 10.6 Å². The zero-order chi connectivity index (χ0) is 16.4. The second kappa shape index (κ2) is 9.51. The van der Waals surface area contributed by atoms with Gasteiger partial charge in [0.2, 0.25) is 0 Å². The van der Waals surface area contributed by atoms with E-state index in [0.29, 0.717) is 12.8 Å². The Balaban J connectivity index is 0.00000116. The number of hydrogen-bond acceptors (Lipinski definition) is 3. The van der Waals surface area contributed by atoms with Gasteiger partial charge in [0.15, 0.2) is 5.78 Å². The van der Waals surface area contributed by atoms with E-state index in [1.165, 1.54) is 12.3 Å². The van der Waals surface area contributed by atoms with E-state index in [1.807, 2.05) is 13.8 Å². The van der Waals surface area contributed by atoms with Gasteiger partial charge in [-0.1, -0.05) is 13.8 Å². The highest BCUT2D eigenvalue weighted by atomic mass is 19.1. The average Bonchev–Trinajstić information content (AvgIpc) is 2.77. The van der Waals surface area contributed by atoms with Crippen LogP contribution in [0.5, 0.6) is 0 Å². The normalized spacial score (nSPS) is 32.8. The highest BCUT2D eigenvalue weighted by molar-refractivity contribution is 5.90. The van der Waals surface area contributed by atoms with Crippen LogP contribution in [0.1, 0.15) is 46.0 Å². The summed E-state index contributed by atoms with van der Waals surface area (Å²) in [6, 6.07) is 0. The molecule has 2 heterocycles. The van der Waals surface area contributed by atoms with Gasteiger partial charge in [0, 0.05) is 24.2 Å². The molecule has 124 valence electrons. The first-order valence-corrected chi connectivity index (χ1v) is 8.02. The van der Waals surface area contributed by atoms with Crippen LogP contribution in [-0.4, -0.2) is 24.4 Å². The molecule has 3 nitrogen and oxygen atoms in total. The van der Waals surface area contributed by atoms with Crippen molar-refractivity contribution in [1.82, 2.24) is 10.6 Å². The quantitative estimate of drug-likeness (QED) is 0.716. The van der Waals surface area contributed by atoms with E-state index in [9.17, 15) is 13.6 Å². The van der Waals surface area contributed by atoms with Crippen LogP contribution in [0.25, 0.3) is 0 Å². The van der Waals surface area contributed by atoms with Crippen molar-refractivity contribution in [3.05, 3.63) is 36.1 Å². The van der Waals surface area contributed by atoms with Crippen molar-refractivity contribution in [3.8, 4) is 0 Å². The SMILES string of the molecule is CC.O=C1/C=C/C(F)=C\C(F)=C\NC2(CCCNCC2)CC1. The monoisotopic (exact) mass is 312 g/mol. The third kappa shape index (κ3) is 6.10. The summed E-state index contributed by atoms with van der Waals surface area (Å²) < 4.78 is 26.9. The summed E-state index contributed by atoms with van der Waals surface area (Å²) in [6.45, 7) is 5.76. The van der Waals surface area contributed by atoms with Crippen molar-refractivity contribution in [3.63, 3.8) is 0 Å². The van der Waals surface area contributed by atoms with Gasteiger partial charge >= 0.3 is 0 Å². The van der Waals surface area contributed by atoms with Gasteiger partial charge < -0.3 is 10.6 Å². The molecule has 1 spiro atoms. The zero-order valence-corrected chi connectivity index (χ0v) is 13.4. The molecule has 0 aromatic heterocycles. The van der Waals surface area contributed by atoms with E-state index in [-0.39, 0.29) is 11.3 Å². The van der Waals surface area contributed by atoms with Gasteiger partial charge in [-0.2, -0.15) is 0 Å². The van der Waals surface area contributed by atoms with Crippen LogP contribution in [0.2, 0.25) is 0 Å². The maximum Gasteiger partial charge on any atom is 0.155 e. The highest BCUT2D eigenvalue weighted by Gasteiger charge is 2.30. The maximum atomic E-state index is 13.6. The highest BCUT2D eigenvalue weighted by Crippen LogP contribution is 2.26. The fourth-order valence-electron chi connectivity index (χ4n) is 2.66. The Morgan fingerprint density at radius 1 is 1.05 bits per heavy atom. The van der Waals surface area contributed by atoms with Gasteiger partial charge in [0.25, 0.3) is 0 Å². The number of nitrogens with one attached hydrogen (secondary N) is 2. The lowest BCUT2D eigenvalue weighted by molar-refractivity contribution is -0.115. The predicted octanol–water partition coefficient (Wildman–Crippen LogP) is 3.70. The standard InChI is InChI=1S/C15H20F2N2O.C2H6/c16-12-2-3-14(20)4-6-15(19-11-13(17)10-12)5-1-8-18-9-7-15;1-2/h2-3,10-11,18-19H,1,4-9H2;1-2H3/b3-2+,12-10+,13-11-;. The first-order chi connectivity index (χ1) is 10.6. The Morgan fingerprint density at radius 2 is 1.82 bits per heavy atom. The molecule has 2 aliphatic heterocycles. The van der Waals surface area contributed by atoms with E-state index in [4.69, 9.17) is 0 Å². The number of carbonyl (C=O) groups excluding carboxylic acids is 1. The van der Waals surface area contributed by atoms with Gasteiger partial charge in [0.05, 0.1) is 0 Å². The lowest BCUT2D eigenvalue weighted by Crippen LogP contribution is -2.43. The Bertz CT molecular complexity index is 448. The summed E-state index contributed by atoms with van der Waals surface area (Å²) in [6.07, 6.45) is 7.83. The molecule has 0 aromatic rings. The summed E-state index contributed by atoms with van der Waals surface area (Å²) >= 11 is 0. The van der Waals surface area contributed by atoms with Crippen molar-refractivity contribution in [1.29, 1.82) is 0 Å². The number of allylic oxidation sites excluding steroid dienone is 5. The molecule has 0 amide bonds. The van der Waals surface area contributed by atoms with Gasteiger partial charge in [-0.25, -0.2) is 8.78 Å². The number of halogens is 2. The Hall–Kier alpha value is -1.49. The van der Waals surface area contributed by atoms with E-state index >= 15 is 0 Å². The minimum atomic E-state index is -0.757. The summed E-state index contributed by atoms with van der Waals surface area (Å²) in [5.41, 5.74) is -0.293. The average molecular weight is 312 g/mol. The molecule has 0 aliphatic carbocycles. The topological polar surface area (TPSA) is 41.1 Å². The molecule has 1 unspecified atom stereocenters. The van der Waals surface area contributed by atoms with Crippen molar-refractivity contribution < 1.29 is 13.6 Å². The molecule has 1 atom stereocenters. The first kappa shape index (κ1) is 18.6. The van der Waals surface area contributed by atoms with Crippen molar-refractivity contribution >= 4 is 5.78 Å². The van der Waals surface area contributed by atoms with E-state index in [2.05, 4.69) is 10.6 Å². The van der Waals surface area contributed by atoms with Crippen molar-refractivity contribution in [2.75, 3.05) is 13.1 Å². The van der Waals surface area contributed by atoms with E-state index in [1.54, 1.807) is 0 Å². The van der Waals surface area contributed by atoms with Gasteiger partial charge in [-0.3, -0.25) is 4.79 Å². The van der Waals surface area contributed by atoms with E-state index in [0.717, 1.165) is 44.5 Å². The van der Waals surface area contributed by atoms with Gasteiger partial charge in [-0.05, 0) is 50.9 Å². The zero-order valence-electron chi connectivity index (χ0n) is 13.4. The molecule has 2 N–H and O–H groups in total. The van der Waals surface area contributed by atoms with Crippen LogP contribution in [0.15, 0.2) is 36.1 Å². The molecule has 22 heavy (non-hydrogen) atoms. The van der Waals surface area contributed by atoms with Gasteiger partial charge in [0.1, 0.15) is 11.7 Å². The van der Waals surface area contributed by atoms with Crippen LogP contribution in [0.3, 0.4) is 0 Å². The summed E-state index contributed by atoms with van der Waals surface area (Å²) in [7, 11) is 0. The number of carbonyl (C=O) groups is 1. The van der Waals surface area contributed by atoms with Gasteiger partial charge in [-0.15, -0.1) is 0 Å². The lowest BCUT2D eigenvalue weighted by atomic mass is 9.85. The molecular weight excluding hydrogens is 286 g/mol. The maximum absolute atomic E-state index is 13.6. The fourth-order valence-corrected chi connectivity index (χ4v) is 2.66. The molecular formula is C17H26F2N2O. The third-order valence-corrected chi connectivity index (χ3v) is 3.86. The largest absolute Gasteiger partial charge is 0.383 e. The van der Waals surface area contributed by atoms with Crippen LogP contribution in [-0.2, 0) is 4.79 Å². The van der Waals surface area contributed by atoms with Crippen molar-refractivity contribution in [2.45, 2.75) is 51.5 Å². The molecule has 1 fully saturated rings. The fraction of sp³-hybridized carbons (Fsp3) is 0.588. The van der Waals surface area contributed by atoms with Crippen LogP contribution in [0.4, 0.5) is 8.78 Å². The Labute approximate surface area is 131 Å². The minimum Gasteiger partial charge on any atom is -0.383 e. The smallest absolute Gasteiger partial charge is 0.155 e. The molecule has 2 rings (SSSR count). The first-order valence-electron chi connectivity index (χ1n) is 8.02. The second-order valence-corrected chi connectivity index (χ2v) is 5.39. The lowest BCUT2D eigenvalue weighted by Gasteiger charge is -2.33. The molecule has 5 heteroatoms. The second-order valence-electron chi connectivity index (χ2n) is 5.39. The van der Waals surface area contributed by atoms with Crippen molar-refractivity contribution in [2.24, 2.45) is 0 Å². The molecule has 0 saturated carbocycles. The Kier molecular flexibility index (Phi) is 8.02. The molecule has 0 aromatic carbocycles. The number of rotatable bonds is 0. The third-order valence-electron chi connectivity index (χ3n) is 3.86. The minimum absolute atomic E-state index is 0.130. The van der Waals surface area contributed by atoms with E-state index < -0.39 is 11.7 Å². The Morgan fingerprint density at radius 3 is 2.59 bits per heavy atom. The molecule has 1 saturated heterocycles. The van der Waals surface area contributed by atoms with Crippen LogP contribution >= 0.6 is 0 Å².